The fourth-order valence-electron chi connectivity index (χ4n) is 3.46. The van der Waals surface area contributed by atoms with E-state index >= 15 is 0 Å². The molecule has 1 unspecified atom stereocenters. The van der Waals surface area contributed by atoms with Gasteiger partial charge in [0.1, 0.15) is 12.1 Å². The molecule has 1 aliphatic rings. The van der Waals surface area contributed by atoms with Crippen LogP contribution in [0.5, 0.6) is 11.5 Å². The third-order valence-corrected chi connectivity index (χ3v) is 5.26. The lowest BCUT2D eigenvalue weighted by Gasteiger charge is -2.25. The monoisotopic (exact) mass is 372 g/mol. The van der Waals surface area contributed by atoms with Gasteiger partial charge in [0, 0.05) is 43.5 Å². The Labute approximate surface area is 160 Å². The Balaban J connectivity index is 1.88. The Hall–Kier alpha value is -2.57. The minimum absolute atomic E-state index is 0.0770. The van der Waals surface area contributed by atoms with Crippen molar-refractivity contribution in [3.63, 3.8) is 0 Å². The zero-order valence-electron chi connectivity index (χ0n) is 16.6. The second-order valence-corrected chi connectivity index (χ2v) is 6.90. The van der Waals surface area contributed by atoms with Crippen molar-refractivity contribution in [2.24, 2.45) is 5.92 Å². The summed E-state index contributed by atoms with van der Waals surface area (Å²) in [5.74, 6) is 2.51. The van der Waals surface area contributed by atoms with Crippen LogP contribution >= 0.6 is 0 Å². The number of hydrogen-bond acceptors (Lipinski definition) is 6. The van der Waals surface area contributed by atoms with Crippen LogP contribution in [0, 0.1) is 5.92 Å². The maximum atomic E-state index is 12.5. The van der Waals surface area contributed by atoms with Gasteiger partial charge in [-0.05, 0) is 18.9 Å². The molecule has 1 aromatic carbocycles. The number of aromatic nitrogens is 2. The van der Waals surface area contributed by atoms with Gasteiger partial charge >= 0.3 is 0 Å². The number of hydrogen-bond donors (Lipinski definition) is 0. The van der Waals surface area contributed by atoms with E-state index in [1.54, 1.807) is 20.5 Å². The zero-order chi connectivity index (χ0) is 19.4. The summed E-state index contributed by atoms with van der Waals surface area (Å²) in [6.07, 6.45) is 3.37. The molecule has 0 radical (unpaired) electrons. The van der Waals surface area contributed by atoms with Gasteiger partial charge in [0.25, 0.3) is 0 Å². The Morgan fingerprint density at radius 1 is 1.11 bits per heavy atom. The van der Waals surface area contributed by atoms with Gasteiger partial charge in [0.15, 0.2) is 11.5 Å². The number of ether oxygens (including phenoxy) is 2. The first-order valence-electron chi connectivity index (χ1n) is 9.49. The Bertz CT molecular complexity index is 811. The minimum Gasteiger partial charge on any atom is -0.493 e. The number of fused-ring (bicyclic) bond motifs is 1. The lowest BCUT2D eigenvalue weighted by Crippen LogP contribution is -2.38. The Morgan fingerprint density at radius 3 is 2.56 bits per heavy atom. The summed E-state index contributed by atoms with van der Waals surface area (Å²) in [6.45, 7) is 7.17. The SMILES string of the molecule is CCC(C)C(=O)N1CCCN(c2ncnc3cc(OC)c(OC)cc23)CC1. The molecule has 1 atom stereocenters. The summed E-state index contributed by atoms with van der Waals surface area (Å²) >= 11 is 0. The highest BCUT2D eigenvalue weighted by molar-refractivity contribution is 5.92. The highest BCUT2D eigenvalue weighted by atomic mass is 16.5. The van der Waals surface area contributed by atoms with Gasteiger partial charge in [-0.25, -0.2) is 9.97 Å². The third kappa shape index (κ3) is 3.91. The van der Waals surface area contributed by atoms with Gasteiger partial charge < -0.3 is 19.3 Å². The predicted octanol–water partition coefficient (Wildman–Crippen LogP) is 2.73. The molecule has 1 amide bonds. The van der Waals surface area contributed by atoms with E-state index in [0.717, 1.165) is 49.2 Å². The second kappa shape index (κ2) is 8.41. The molecule has 146 valence electrons. The molecule has 7 heteroatoms. The van der Waals surface area contributed by atoms with Crippen LogP contribution < -0.4 is 14.4 Å². The molecule has 1 aliphatic heterocycles. The standard InChI is InChI=1S/C20H28N4O3/c1-5-14(2)20(25)24-8-6-7-23(9-10-24)19-15-11-17(26-3)18(27-4)12-16(15)21-13-22-19/h11-14H,5-10H2,1-4H3. The van der Waals surface area contributed by atoms with E-state index in [1.807, 2.05) is 24.0 Å². The first kappa shape index (κ1) is 19.2. The van der Waals surface area contributed by atoms with Crippen molar-refractivity contribution in [2.45, 2.75) is 26.7 Å². The van der Waals surface area contributed by atoms with E-state index in [-0.39, 0.29) is 11.8 Å². The summed E-state index contributed by atoms with van der Waals surface area (Å²) in [4.78, 5) is 25.7. The van der Waals surface area contributed by atoms with E-state index in [2.05, 4.69) is 21.8 Å². The largest absolute Gasteiger partial charge is 0.493 e. The quantitative estimate of drug-likeness (QED) is 0.804. The van der Waals surface area contributed by atoms with Crippen LogP contribution in [-0.4, -0.2) is 61.2 Å². The molecule has 2 heterocycles. The lowest BCUT2D eigenvalue weighted by molar-refractivity contribution is -0.134. The molecular formula is C20H28N4O3. The van der Waals surface area contributed by atoms with Crippen LogP contribution in [0.2, 0.25) is 0 Å². The van der Waals surface area contributed by atoms with Gasteiger partial charge in [0.05, 0.1) is 19.7 Å². The second-order valence-electron chi connectivity index (χ2n) is 6.90. The average molecular weight is 372 g/mol. The lowest BCUT2D eigenvalue weighted by atomic mass is 10.1. The van der Waals surface area contributed by atoms with E-state index in [9.17, 15) is 4.79 Å². The maximum absolute atomic E-state index is 12.5. The summed E-state index contributed by atoms with van der Waals surface area (Å²) in [6, 6.07) is 3.80. The van der Waals surface area contributed by atoms with E-state index < -0.39 is 0 Å². The van der Waals surface area contributed by atoms with Crippen molar-refractivity contribution >= 4 is 22.6 Å². The van der Waals surface area contributed by atoms with Crippen LogP contribution in [0.15, 0.2) is 18.5 Å². The maximum Gasteiger partial charge on any atom is 0.225 e. The molecule has 27 heavy (non-hydrogen) atoms. The Morgan fingerprint density at radius 2 is 1.85 bits per heavy atom. The molecule has 1 fully saturated rings. The number of benzene rings is 1. The van der Waals surface area contributed by atoms with Crippen LogP contribution in [0.1, 0.15) is 26.7 Å². The van der Waals surface area contributed by atoms with Crippen LogP contribution in [0.3, 0.4) is 0 Å². The van der Waals surface area contributed by atoms with Gasteiger partial charge in [0.2, 0.25) is 5.91 Å². The number of nitrogens with zero attached hydrogens (tertiary/aromatic N) is 4. The summed E-state index contributed by atoms with van der Waals surface area (Å²) in [7, 11) is 3.24. The molecular weight excluding hydrogens is 344 g/mol. The highest BCUT2D eigenvalue weighted by Gasteiger charge is 2.24. The fourth-order valence-corrected chi connectivity index (χ4v) is 3.46. The zero-order valence-corrected chi connectivity index (χ0v) is 16.6. The summed E-state index contributed by atoms with van der Waals surface area (Å²) in [5, 5.41) is 0.928. The van der Waals surface area contributed by atoms with E-state index in [4.69, 9.17) is 9.47 Å². The molecule has 0 saturated carbocycles. The predicted molar refractivity (Wildman–Crippen MR) is 106 cm³/mol. The van der Waals surface area contributed by atoms with Gasteiger partial charge in [-0.15, -0.1) is 0 Å². The van der Waals surface area contributed by atoms with Crippen molar-refractivity contribution in [3.8, 4) is 11.5 Å². The van der Waals surface area contributed by atoms with E-state index in [0.29, 0.717) is 18.0 Å². The van der Waals surface area contributed by atoms with Crippen molar-refractivity contribution in [1.82, 2.24) is 14.9 Å². The van der Waals surface area contributed by atoms with Crippen molar-refractivity contribution in [3.05, 3.63) is 18.5 Å². The molecule has 0 spiro atoms. The summed E-state index contributed by atoms with van der Waals surface area (Å²) in [5.41, 5.74) is 0.814. The third-order valence-electron chi connectivity index (χ3n) is 5.26. The molecule has 1 aromatic heterocycles. The number of rotatable bonds is 5. The smallest absolute Gasteiger partial charge is 0.225 e. The van der Waals surface area contributed by atoms with Crippen molar-refractivity contribution in [1.29, 1.82) is 0 Å². The molecule has 2 aromatic rings. The van der Waals surface area contributed by atoms with Gasteiger partial charge in [-0.2, -0.15) is 0 Å². The minimum atomic E-state index is 0.0770. The van der Waals surface area contributed by atoms with Crippen LogP contribution in [-0.2, 0) is 4.79 Å². The Kier molecular flexibility index (Phi) is 5.98. The first-order chi connectivity index (χ1) is 13.1. The average Bonchev–Trinajstić information content (AvgIpc) is 2.97. The van der Waals surface area contributed by atoms with Crippen LogP contribution in [0.25, 0.3) is 10.9 Å². The molecule has 1 saturated heterocycles. The van der Waals surface area contributed by atoms with Crippen molar-refractivity contribution < 1.29 is 14.3 Å². The van der Waals surface area contributed by atoms with E-state index in [1.165, 1.54) is 0 Å². The number of methoxy groups -OCH3 is 2. The molecule has 0 N–H and O–H groups in total. The van der Waals surface area contributed by atoms with Gasteiger partial charge in [-0.3, -0.25) is 4.79 Å². The highest BCUT2D eigenvalue weighted by Crippen LogP contribution is 2.34. The van der Waals surface area contributed by atoms with Gasteiger partial charge in [-0.1, -0.05) is 13.8 Å². The summed E-state index contributed by atoms with van der Waals surface area (Å²) < 4.78 is 10.8. The molecule has 0 aliphatic carbocycles. The topological polar surface area (TPSA) is 67.8 Å². The van der Waals surface area contributed by atoms with Crippen molar-refractivity contribution in [2.75, 3.05) is 45.3 Å². The normalized spacial score (nSPS) is 16.1. The number of anilines is 1. The first-order valence-corrected chi connectivity index (χ1v) is 9.49. The number of carbonyl (C=O) groups excluding carboxylic acids is 1. The number of amides is 1. The number of carbonyl (C=O) groups is 1. The molecule has 3 rings (SSSR count). The molecule has 7 nitrogen and oxygen atoms in total. The molecule has 0 bridgehead atoms. The fraction of sp³-hybridized carbons (Fsp3) is 0.550. The van der Waals surface area contributed by atoms with Crippen LogP contribution in [0.4, 0.5) is 5.82 Å².